The highest BCUT2D eigenvalue weighted by molar-refractivity contribution is 5.98. The first-order valence-electron chi connectivity index (χ1n) is 6.51. The van der Waals surface area contributed by atoms with Gasteiger partial charge in [0.15, 0.2) is 5.69 Å². The molecule has 0 saturated heterocycles. The minimum atomic E-state index is 0.0647. The zero-order chi connectivity index (χ0) is 11.7. The number of benzene rings is 1. The van der Waals surface area contributed by atoms with Crippen LogP contribution in [0.2, 0.25) is 0 Å². The van der Waals surface area contributed by atoms with Gasteiger partial charge in [-0.3, -0.25) is 10.1 Å². The van der Waals surface area contributed by atoms with E-state index in [0.717, 1.165) is 11.3 Å². The lowest BCUT2D eigenvalue weighted by Gasteiger charge is -2.28. The minimum absolute atomic E-state index is 0.0647. The maximum absolute atomic E-state index is 12.0. The Morgan fingerprint density at radius 2 is 1.88 bits per heavy atom. The van der Waals surface area contributed by atoms with Gasteiger partial charge >= 0.3 is 0 Å². The smallest absolute Gasteiger partial charge is 0.262 e. The van der Waals surface area contributed by atoms with E-state index < -0.39 is 0 Å². The van der Waals surface area contributed by atoms with Gasteiger partial charge in [0, 0.05) is 12.0 Å². The molecule has 1 radical (unpaired) electrons. The van der Waals surface area contributed by atoms with E-state index in [2.05, 4.69) is 10.6 Å². The molecule has 1 atom stereocenters. The Bertz CT molecular complexity index is 424. The van der Waals surface area contributed by atoms with Gasteiger partial charge in [0.2, 0.25) is 6.17 Å². The van der Waals surface area contributed by atoms with Crippen LogP contribution in [0.25, 0.3) is 0 Å². The van der Waals surface area contributed by atoms with Gasteiger partial charge in [-0.15, -0.1) is 5.32 Å². The zero-order valence-electron chi connectivity index (χ0n) is 9.91. The summed E-state index contributed by atoms with van der Waals surface area (Å²) in [6, 6.07) is 7.74. The molecule has 3 heteroatoms. The quantitative estimate of drug-likeness (QED) is 0.751. The molecule has 1 aromatic carbocycles. The summed E-state index contributed by atoms with van der Waals surface area (Å²) in [5.74, 6) is 0.649. The lowest BCUT2D eigenvalue weighted by molar-refractivity contribution is -0.626. The highest BCUT2D eigenvalue weighted by Crippen LogP contribution is 2.26. The molecule has 89 valence electrons. The Morgan fingerprint density at radius 3 is 2.71 bits per heavy atom. The highest BCUT2D eigenvalue weighted by Gasteiger charge is 2.36. The predicted molar refractivity (Wildman–Crippen MR) is 64.9 cm³/mol. The van der Waals surface area contributed by atoms with Crippen LogP contribution in [0.5, 0.6) is 0 Å². The van der Waals surface area contributed by atoms with E-state index in [9.17, 15) is 4.79 Å². The molecule has 0 spiro atoms. The van der Waals surface area contributed by atoms with Crippen molar-refractivity contribution in [3.05, 3.63) is 29.8 Å². The number of carbonyl (C=O) groups excluding carboxylic acids is 1. The van der Waals surface area contributed by atoms with E-state index in [1.54, 1.807) is 0 Å². The fourth-order valence-corrected chi connectivity index (χ4v) is 2.93. The topological polar surface area (TPSA) is 44.7 Å². The lowest BCUT2D eigenvalue weighted by Crippen LogP contribution is -2.92. The van der Waals surface area contributed by atoms with Crippen LogP contribution in [0.4, 0.5) is 5.69 Å². The molecule has 1 aliphatic carbocycles. The third kappa shape index (κ3) is 2.07. The Kier molecular flexibility index (Phi) is 2.85. The van der Waals surface area contributed by atoms with Crippen LogP contribution in [-0.4, -0.2) is 12.1 Å². The molecule has 1 fully saturated rings. The van der Waals surface area contributed by atoms with Crippen LogP contribution < -0.4 is 10.6 Å². The number of hydrogen-bond donors (Lipinski definition) is 2. The molecule has 1 heterocycles. The van der Waals surface area contributed by atoms with Crippen molar-refractivity contribution in [2.75, 3.05) is 0 Å². The molecule has 1 aromatic rings. The monoisotopic (exact) mass is 230 g/mol. The third-order valence-electron chi connectivity index (χ3n) is 3.89. The second kappa shape index (κ2) is 4.49. The molecular weight excluding hydrogens is 212 g/mol. The number of rotatable bonds is 1. The average Bonchev–Trinajstić information content (AvgIpc) is 2.40. The lowest BCUT2D eigenvalue weighted by atomic mass is 9.86. The summed E-state index contributed by atoms with van der Waals surface area (Å²) in [7, 11) is 0. The average molecular weight is 230 g/mol. The normalized spacial score (nSPS) is 25.2. The van der Waals surface area contributed by atoms with Gasteiger partial charge < -0.3 is 0 Å². The van der Waals surface area contributed by atoms with Crippen LogP contribution in [-0.2, 0) is 0 Å². The van der Waals surface area contributed by atoms with Gasteiger partial charge in [0.1, 0.15) is 5.56 Å². The fraction of sp³-hybridized carbons (Fsp3) is 0.500. The van der Waals surface area contributed by atoms with Crippen molar-refractivity contribution < 1.29 is 10.1 Å². The molecule has 2 aliphatic rings. The summed E-state index contributed by atoms with van der Waals surface area (Å²) >= 11 is 0. The first-order valence-corrected chi connectivity index (χ1v) is 6.51. The van der Waals surface area contributed by atoms with Crippen molar-refractivity contribution in [3.63, 3.8) is 0 Å². The van der Waals surface area contributed by atoms with Gasteiger partial charge in [-0.05, 0) is 18.9 Å². The number of anilines is 1. The number of amides is 1. The molecule has 3 nitrogen and oxygen atoms in total. The third-order valence-corrected chi connectivity index (χ3v) is 3.89. The maximum atomic E-state index is 12.0. The minimum Gasteiger partial charge on any atom is -0.298 e. The molecule has 2 N–H and O–H groups in total. The molecule has 0 bridgehead atoms. The van der Waals surface area contributed by atoms with Crippen molar-refractivity contribution in [1.82, 2.24) is 5.32 Å². The molecule has 1 aliphatic heterocycles. The molecule has 0 aromatic heterocycles. The molecule has 1 amide bonds. The van der Waals surface area contributed by atoms with Crippen molar-refractivity contribution in [3.8, 4) is 0 Å². The summed E-state index contributed by atoms with van der Waals surface area (Å²) in [6.45, 7) is 0. The standard InChI is InChI=1S/C14H18N2O/c17-14-11-8-4-5-9-12(11)15-13(16-14)10-6-2-1-3-7-10/h4-5,8-10,13,15H,1-3,6-7H2,(H,16,17)/q+1. The van der Waals surface area contributed by atoms with E-state index in [1.807, 2.05) is 24.3 Å². The molecule has 3 rings (SSSR count). The van der Waals surface area contributed by atoms with Crippen molar-refractivity contribution in [2.45, 2.75) is 38.3 Å². The number of fused-ring (bicyclic) bond motifs is 1. The largest absolute Gasteiger partial charge is 0.298 e. The second-order valence-electron chi connectivity index (χ2n) is 5.04. The van der Waals surface area contributed by atoms with Gasteiger partial charge in [-0.1, -0.05) is 31.4 Å². The Labute approximate surface area is 102 Å². The molecule has 17 heavy (non-hydrogen) atoms. The van der Waals surface area contributed by atoms with E-state index in [1.165, 1.54) is 32.1 Å². The van der Waals surface area contributed by atoms with Gasteiger partial charge in [0.25, 0.3) is 5.91 Å². The Hall–Kier alpha value is -1.35. The number of para-hydroxylation sites is 1. The van der Waals surface area contributed by atoms with Crippen LogP contribution in [0.15, 0.2) is 24.3 Å². The van der Waals surface area contributed by atoms with E-state index >= 15 is 0 Å². The summed E-state index contributed by atoms with van der Waals surface area (Å²) in [5.41, 5.74) is 1.74. The Balaban J connectivity index is 1.80. The van der Waals surface area contributed by atoms with E-state index in [4.69, 9.17) is 0 Å². The molecule has 1 unspecified atom stereocenters. The number of nitrogens with one attached hydrogen (secondary N) is 2. The predicted octanol–water partition coefficient (Wildman–Crippen LogP) is 1.32. The van der Waals surface area contributed by atoms with E-state index in [-0.39, 0.29) is 12.1 Å². The fourth-order valence-electron chi connectivity index (χ4n) is 2.93. The maximum Gasteiger partial charge on any atom is 0.262 e. The first kappa shape index (κ1) is 10.8. The van der Waals surface area contributed by atoms with Gasteiger partial charge in [-0.2, -0.15) is 0 Å². The Morgan fingerprint density at radius 1 is 1.12 bits per heavy atom. The summed E-state index contributed by atoms with van der Waals surface area (Å²) in [6.07, 6.45) is 6.49. The van der Waals surface area contributed by atoms with Crippen LogP contribution in [0.1, 0.15) is 42.5 Å². The van der Waals surface area contributed by atoms with Crippen molar-refractivity contribution in [1.29, 1.82) is 0 Å². The van der Waals surface area contributed by atoms with Gasteiger partial charge in [0.05, 0.1) is 0 Å². The number of carbonyl (C=O) groups is 1. The second-order valence-corrected chi connectivity index (χ2v) is 5.04. The van der Waals surface area contributed by atoms with Crippen LogP contribution in [0.3, 0.4) is 0 Å². The van der Waals surface area contributed by atoms with Crippen molar-refractivity contribution >= 4 is 11.6 Å². The zero-order valence-corrected chi connectivity index (χ0v) is 9.91. The van der Waals surface area contributed by atoms with E-state index in [0.29, 0.717) is 5.92 Å². The summed E-state index contributed by atoms with van der Waals surface area (Å²) in [4.78, 5) is 12.0. The molecular formula is C14H18N2O+. The van der Waals surface area contributed by atoms with Crippen molar-refractivity contribution in [2.24, 2.45) is 5.92 Å². The van der Waals surface area contributed by atoms with Crippen LogP contribution in [0, 0.1) is 5.92 Å². The number of hydrogen-bond acceptors (Lipinski definition) is 2. The van der Waals surface area contributed by atoms with Crippen LogP contribution >= 0.6 is 0 Å². The molecule has 1 saturated carbocycles. The summed E-state index contributed by atoms with van der Waals surface area (Å²) < 4.78 is 0. The highest BCUT2D eigenvalue weighted by atomic mass is 16.2. The SMILES string of the molecule is O=C1NC(C2CCCCC2)[NH+]c2ccccc21. The first-order chi connectivity index (χ1) is 8.34. The van der Waals surface area contributed by atoms with Gasteiger partial charge in [-0.25, -0.2) is 0 Å². The summed E-state index contributed by atoms with van der Waals surface area (Å²) in [5, 5.41) is 6.56.